The molecule has 1 fully saturated rings. The third kappa shape index (κ3) is 2.29. The molecule has 0 amide bonds. The molecule has 0 unspecified atom stereocenters. The van der Waals surface area contributed by atoms with Gasteiger partial charge in [-0.2, -0.15) is 0 Å². The van der Waals surface area contributed by atoms with Gasteiger partial charge < -0.3 is 9.47 Å². The molecule has 1 aliphatic carbocycles. The summed E-state index contributed by atoms with van der Waals surface area (Å²) in [6.45, 7) is 3.03. The largest absolute Gasteiger partial charge is 0.497 e. The molecule has 1 saturated heterocycles. The van der Waals surface area contributed by atoms with Gasteiger partial charge in [0.1, 0.15) is 11.7 Å². The second-order valence-corrected chi connectivity index (χ2v) is 3.69. The van der Waals surface area contributed by atoms with Gasteiger partial charge >= 0.3 is 5.97 Å². The minimum absolute atomic E-state index is 0.222. The summed E-state index contributed by atoms with van der Waals surface area (Å²) in [5, 5.41) is 0. The van der Waals surface area contributed by atoms with Crippen molar-refractivity contribution in [3.8, 4) is 0 Å². The summed E-state index contributed by atoms with van der Waals surface area (Å²) in [6.07, 6.45) is 8.29. The quantitative estimate of drug-likeness (QED) is 0.568. The Morgan fingerprint density at radius 3 is 3.00 bits per heavy atom. The second-order valence-electron chi connectivity index (χ2n) is 3.69. The average Bonchev–Trinajstić information content (AvgIpc) is 2.36. The highest BCUT2D eigenvalue weighted by atomic mass is 16.5. The van der Waals surface area contributed by atoms with Gasteiger partial charge in [0, 0.05) is 6.42 Å². The summed E-state index contributed by atoms with van der Waals surface area (Å²) in [7, 11) is 0. The molecule has 1 heterocycles. The molecule has 0 radical (unpaired) electrons. The molecule has 0 N–H and O–H groups in total. The van der Waals surface area contributed by atoms with Crippen LogP contribution in [-0.2, 0) is 14.3 Å². The van der Waals surface area contributed by atoms with Crippen LogP contribution < -0.4 is 0 Å². The standard InChI is InChI=1S/C12H14O3/c1-9-4-2-5-10-11(8-9)14-6-3-7-15-12(10)13/h2,4-5,8,10H,3,6-7H2,1H3/t10-/m0/s1. The number of carbonyl (C=O) groups is 1. The van der Waals surface area contributed by atoms with E-state index in [1.165, 1.54) is 0 Å². The number of esters is 1. The molecule has 0 saturated carbocycles. The van der Waals surface area contributed by atoms with E-state index in [9.17, 15) is 4.79 Å². The molecule has 0 spiro atoms. The van der Waals surface area contributed by atoms with Gasteiger partial charge in [0.2, 0.25) is 0 Å². The van der Waals surface area contributed by atoms with Crippen molar-refractivity contribution in [2.24, 2.45) is 5.92 Å². The molecule has 0 aromatic rings. The van der Waals surface area contributed by atoms with Crippen molar-refractivity contribution >= 4 is 5.97 Å². The van der Waals surface area contributed by atoms with E-state index in [2.05, 4.69) is 0 Å². The zero-order valence-corrected chi connectivity index (χ0v) is 8.73. The van der Waals surface area contributed by atoms with Gasteiger partial charge in [-0.25, -0.2) is 0 Å². The molecule has 3 nitrogen and oxygen atoms in total. The predicted octanol–water partition coefficient (Wildman–Crippen LogP) is 1.97. The maximum Gasteiger partial charge on any atom is 0.320 e. The van der Waals surface area contributed by atoms with Crippen molar-refractivity contribution in [1.29, 1.82) is 0 Å². The van der Waals surface area contributed by atoms with Crippen LogP contribution >= 0.6 is 0 Å². The summed E-state index contributed by atoms with van der Waals surface area (Å²) in [6, 6.07) is 0. The highest BCUT2D eigenvalue weighted by Gasteiger charge is 2.25. The van der Waals surface area contributed by atoms with Crippen molar-refractivity contribution in [2.75, 3.05) is 13.2 Å². The highest BCUT2D eigenvalue weighted by molar-refractivity contribution is 5.78. The van der Waals surface area contributed by atoms with E-state index in [0.29, 0.717) is 19.0 Å². The van der Waals surface area contributed by atoms with Crippen molar-refractivity contribution in [3.63, 3.8) is 0 Å². The molecular weight excluding hydrogens is 192 g/mol. The number of hydrogen-bond acceptors (Lipinski definition) is 3. The van der Waals surface area contributed by atoms with E-state index in [0.717, 1.165) is 12.0 Å². The SMILES string of the molecule is CC1=CC=C[C@@H]2C(=O)OCCCOC2=C1. The first-order valence-corrected chi connectivity index (χ1v) is 5.13. The van der Waals surface area contributed by atoms with E-state index in [1.807, 2.05) is 31.2 Å². The molecule has 1 aliphatic heterocycles. The number of carbonyl (C=O) groups excluding carboxylic acids is 1. The lowest BCUT2D eigenvalue weighted by Gasteiger charge is -2.20. The Morgan fingerprint density at radius 1 is 1.33 bits per heavy atom. The van der Waals surface area contributed by atoms with Gasteiger partial charge in [-0.15, -0.1) is 0 Å². The molecular formula is C12H14O3. The first kappa shape index (κ1) is 10.0. The number of hydrogen-bond donors (Lipinski definition) is 0. The van der Waals surface area contributed by atoms with Gasteiger partial charge in [-0.1, -0.05) is 18.2 Å². The Kier molecular flexibility index (Phi) is 2.90. The number of fused-ring (bicyclic) bond motifs is 1. The van der Waals surface area contributed by atoms with E-state index in [4.69, 9.17) is 9.47 Å². The van der Waals surface area contributed by atoms with Gasteiger partial charge in [0.05, 0.1) is 13.2 Å². The summed E-state index contributed by atoms with van der Waals surface area (Å²) in [5.41, 5.74) is 1.08. The number of rotatable bonds is 0. The zero-order valence-electron chi connectivity index (χ0n) is 8.73. The van der Waals surface area contributed by atoms with E-state index in [-0.39, 0.29) is 11.9 Å². The fraction of sp³-hybridized carbons (Fsp3) is 0.417. The lowest BCUT2D eigenvalue weighted by Crippen LogP contribution is -2.23. The van der Waals surface area contributed by atoms with Crippen LogP contribution in [0.4, 0.5) is 0 Å². The van der Waals surface area contributed by atoms with E-state index >= 15 is 0 Å². The second kappa shape index (κ2) is 4.34. The first-order valence-electron chi connectivity index (χ1n) is 5.13. The minimum Gasteiger partial charge on any atom is -0.497 e. The Morgan fingerprint density at radius 2 is 2.13 bits per heavy atom. The molecule has 15 heavy (non-hydrogen) atoms. The van der Waals surface area contributed by atoms with Gasteiger partial charge in [0.15, 0.2) is 0 Å². The maximum atomic E-state index is 11.6. The summed E-state index contributed by atoms with van der Waals surface area (Å²) in [4.78, 5) is 11.6. The number of ether oxygens (including phenoxy) is 2. The van der Waals surface area contributed by atoms with Crippen molar-refractivity contribution in [2.45, 2.75) is 13.3 Å². The minimum atomic E-state index is -0.376. The predicted molar refractivity (Wildman–Crippen MR) is 56.0 cm³/mol. The van der Waals surface area contributed by atoms with Gasteiger partial charge in [-0.3, -0.25) is 4.79 Å². The zero-order chi connectivity index (χ0) is 10.7. The van der Waals surface area contributed by atoms with Crippen molar-refractivity contribution in [3.05, 3.63) is 35.6 Å². The van der Waals surface area contributed by atoms with Crippen LogP contribution in [0.3, 0.4) is 0 Å². The van der Waals surface area contributed by atoms with Gasteiger partial charge in [-0.05, 0) is 18.6 Å². The van der Waals surface area contributed by atoms with E-state index < -0.39 is 0 Å². The summed E-state index contributed by atoms with van der Waals surface area (Å²) < 4.78 is 10.7. The Labute approximate surface area is 89.1 Å². The van der Waals surface area contributed by atoms with E-state index in [1.54, 1.807) is 0 Å². The molecule has 3 heteroatoms. The molecule has 2 rings (SSSR count). The number of cyclic esters (lactones) is 1. The average molecular weight is 206 g/mol. The Bertz CT molecular complexity index is 350. The molecule has 0 aromatic carbocycles. The third-order valence-corrected chi connectivity index (χ3v) is 2.39. The molecule has 0 bridgehead atoms. The van der Waals surface area contributed by atoms with Crippen LogP contribution in [-0.4, -0.2) is 19.2 Å². The van der Waals surface area contributed by atoms with Gasteiger partial charge in [0.25, 0.3) is 0 Å². The molecule has 80 valence electrons. The van der Waals surface area contributed by atoms with Crippen LogP contribution in [0.5, 0.6) is 0 Å². The van der Waals surface area contributed by atoms with Crippen LogP contribution in [0.25, 0.3) is 0 Å². The lowest BCUT2D eigenvalue weighted by molar-refractivity contribution is -0.148. The fourth-order valence-electron chi connectivity index (χ4n) is 1.61. The Hall–Kier alpha value is -1.51. The highest BCUT2D eigenvalue weighted by Crippen LogP contribution is 2.23. The summed E-state index contributed by atoms with van der Waals surface area (Å²) >= 11 is 0. The first-order chi connectivity index (χ1) is 7.27. The Balaban J connectivity index is 2.28. The monoisotopic (exact) mass is 206 g/mol. The van der Waals surface area contributed by atoms with Crippen molar-refractivity contribution in [1.82, 2.24) is 0 Å². The molecule has 1 atom stereocenters. The van der Waals surface area contributed by atoms with Crippen LogP contribution in [0.1, 0.15) is 13.3 Å². The normalized spacial score (nSPS) is 25.9. The smallest absolute Gasteiger partial charge is 0.320 e. The van der Waals surface area contributed by atoms with Crippen LogP contribution in [0.2, 0.25) is 0 Å². The molecule has 2 aliphatic rings. The fourth-order valence-corrected chi connectivity index (χ4v) is 1.61. The summed E-state index contributed by atoms with van der Waals surface area (Å²) in [5.74, 6) is 0.0986. The topological polar surface area (TPSA) is 35.5 Å². The molecule has 0 aromatic heterocycles. The van der Waals surface area contributed by atoms with Crippen LogP contribution in [0.15, 0.2) is 35.6 Å². The van der Waals surface area contributed by atoms with Crippen molar-refractivity contribution < 1.29 is 14.3 Å². The maximum absolute atomic E-state index is 11.6. The third-order valence-electron chi connectivity index (χ3n) is 2.39. The lowest BCUT2D eigenvalue weighted by atomic mass is 10.1. The van der Waals surface area contributed by atoms with Crippen LogP contribution in [0, 0.1) is 5.92 Å². The number of allylic oxidation sites excluding steroid dienone is 4.